The highest BCUT2D eigenvalue weighted by atomic mass is 79.9. The molecule has 5 nitrogen and oxygen atoms in total. The van der Waals surface area contributed by atoms with Crippen molar-refractivity contribution in [2.75, 3.05) is 18.0 Å². The van der Waals surface area contributed by atoms with Gasteiger partial charge in [-0.05, 0) is 15.9 Å². The van der Waals surface area contributed by atoms with E-state index in [9.17, 15) is 5.11 Å². The van der Waals surface area contributed by atoms with Crippen LogP contribution in [0.5, 0.6) is 0 Å². The van der Waals surface area contributed by atoms with Crippen molar-refractivity contribution in [1.82, 2.24) is 9.97 Å². The molecule has 1 saturated heterocycles. The fraction of sp³-hybridized carbons (Fsp3) is 0.444. The molecule has 1 N–H and O–H groups in total. The lowest BCUT2D eigenvalue weighted by Gasteiger charge is -2.45. The van der Waals surface area contributed by atoms with Gasteiger partial charge in [-0.15, -0.1) is 0 Å². The molecule has 1 aromatic heterocycles. The minimum atomic E-state index is -0.884. The first-order valence-electron chi connectivity index (χ1n) is 4.45. The standard InChI is InChI=1S/C9H9BrN4O/c10-7-3-12-8(13-4-7)14-5-9(15,6-14)1-2-11/h3-4,15H,1,5-6H2. The van der Waals surface area contributed by atoms with Crippen molar-refractivity contribution in [2.45, 2.75) is 12.0 Å². The van der Waals surface area contributed by atoms with E-state index in [0.717, 1.165) is 4.47 Å². The maximum Gasteiger partial charge on any atom is 0.225 e. The monoisotopic (exact) mass is 268 g/mol. The average Bonchev–Trinajstić information content (AvgIpc) is 2.16. The van der Waals surface area contributed by atoms with Crippen molar-refractivity contribution >= 4 is 21.9 Å². The molecule has 6 heteroatoms. The lowest BCUT2D eigenvalue weighted by molar-refractivity contribution is 0.0157. The fourth-order valence-corrected chi connectivity index (χ4v) is 1.74. The van der Waals surface area contributed by atoms with Crippen LogP contribution in [-0.2, 0) is 0 Å². The van der Waals surface area contributed by atoms with E-state index in [2.05, 4.69) is 25.9 Å². The Bertz CT molecular complexity index is 394. The molecule has 0 spiro atoms. The number of aliphatic hydroxyl groups is 1. The average molecular weight is 269 g/mol. The first-order valence-corrected chi connectivity index (χ1v) is 5.24. The normalized spacial score (nSPS) is 18.1. The third-order valence-corrected chi connectivity index (χ3v) is 2.68. The predicted octanol–water partition coefficient (Wildman–Crippen LogP) is 0.704. The zero-order valence-corrected chi connectivity index (χ0v) is 9.48. The molecule has 0 atom stereocenters. The molecule has 1 aromatic rings. The number of hydrogen-bond acceptors (Lipinski definition) is 5. The number of rotatable bonds is 2. The van der Waals surface area contributed by atoms with Gasteiger partial charge in [-0.3, -0.25) is 0 Å². The van der Waals surface area contributed by atoms with Crippen molar-refractivity contribution in [3.05, 3.63) is 16.9 Å². The van der Waals surface area contributed by atoms with Crippen LogP contribution >= 0.6 is 15.9 Å². The first kappa shape index (κ1) is 10.3. The second kappa shape index (κ2) is 3.76. The molecule has 0 radical (unpaired) electrons. The number of nitriles is 1. The van der Waals surface area contributed by atoms with Gasteiger partial charge in [0.15, 0.2) is 0 Å². The van der Waals surface area contributed by atoms with Gasteiger partial charge in [0.2, 0.25) is 5.95 Å². The molecule has 0 unspecified atom stereocenters. The number of halogens is 1. The molecule has 1 fully saturated rings. The molecule has 0 aromatic carbocycles. The molecule has 2 heterocycles. The largest absolute Gasteiger partial charge is 0.385 e. The lowest BCUT2D eigenvalue weighted by Crippen LogP contribution is -2.62. The van der Waals surface area contributed by atoms with Gasteiger partial charge in [-0.1, -0.05) is 0 Å². The maximum absolute atomic E-state index is 9.77. The summed E-state index contributed by atoms with van der Waals surface area (Å²) in [4.78, 5) is 10.0. The van der Waals surface area contributed by atoms with E-state index in [0.29, 0.717) is 19.0 Å². The first-order chi connectivity index (χ1) is 7.13. The Morgan fingerprint density at radius 1 is 1.53 bits per heavy atom. The van der Waals surface area contributed by atoms with Gasteiger partial charge in [0.05, 0.1) is 30.1 Å². The molecule has 1 aliphatic rings. The van der Waals surface area contributed by atoms with Crippen LogP contribution in [0, 0.1) is 11.3 Å². The summed E-state index contributed by atoms with van der Waals surface area (Å²) < 4.78 is 0.819. The van der Waals surface area contributed by atoms with Gasteiger partial charge in [0.1, 0.15) is 5.60 Å². The molecule has 0 saturated carbocycles. The summed E-state index contributed by atoms with van der Waals surface area (Å²) in [5.41, 5.74) is -0.884. The van der Waals surface area contributed by atoms with Crippen molar-refractivity contribution < 1.29 is 5.11 Å². The van der Waals surface area contributed by atoms with Crippen molar-refractivity contribution in [1.29, 1.82) is 5.26 Å². The van der Waals surface area contributed by atoms with Gasteiger partial charge >= 0.3 is 0 Å². The van der Waals surface area contributed by atoms with Gasteiger partial charge < -0.3 is 10.0 Å². The van der Waals surface area contributed by atoms with E-state index in [4.69, 9.17) is 5.26 Å². The van der Waals surface area contributed by atoms with E-state index in [1.54, 1.807) is 12.4 Å². The topological polar surface area (TPSA) is 73.0 Å². The van der Waals surface area contributed by atoms with Crippen molar-refractivity contribution in [2.24, 2.45) is 0 Å². The zero-order chi connectivity index (χ0) is 10.9. The van der Waals surface area contributed by atoms with Crippen LogP contribution in [0.1, 0.15) is 6.42 Å². The van der Waals surface area contributed by atoms with E-state index in [-0.39, 0.29) is 6.42 Å². The van der Waals surface area contributed by atoms with E-state index in [1.807, 2.05) is 11.0 Å². The molecule has 0 bridgehead atoms. The number of hydrogen-bond donors (Lipinski definition) is 1. The zero-order valence-electron chi connectivity index (χ0n) is 7.89. The Hall–Kier alpha value is -1.19. The third kappa shape index (κ3) is 2.08. The molecular formula is C9H9BrN4O. The predicted molar refractivity (Wildman–Crippen MR) is 57.1 cm³/mol. The summed E-state index contributed by atoms with van der Waals surface area (Å²) in [7, 11) is 0. The Kier molecular flexibility index (Phi) is 2.59. The second-order valence-corrected chi connectivity index (χ2v) is 4.53. The molecule has 0 aliphatic carbocycles. The minimum absolute atomic E-state index is 0.153. The Morgan fingerprint density at radius 2 is 2.13 bits per heavy atom. The fourth-order valence-electron chi connectivity index (χ4n) is 1.53. The van der Waals surface area contributed by atoms with Crippen LogP contribution in [0.2, 0.25) is 0 Å². The van der Waals surface area contributed by atoms with Gasteiger partial charge in [-0.2, -0.15) is 5.26 Å². The molecule has 1 aliphatic heterocycles. The van der Waals surface area contributed by atoms with Crippen molar-refractivity contribution in [3.63, 3.8) is 0 Å². The van der Waals surface area contributed by atoms with Crippen LogP contribution in [0.4, 0.5) is 5.95 Å². The highest BCUT2D eigenvalue weighted by molar-refractivity contribution is 9.10. The maximum atomic E-state index is 9.77. The highest BCUT2D eigenvalue weighted by Gasteiger charge is 2.42. The van der Waals surface area contributed by atoms with E-state index < -0.39 is 5.60 Å². The molecular weight excluding hydrogens is 260 g/mol. The van der Waals surface area contributed by atoms with Gasteiger partial charge in [0.25, 0.3) is 0 Å². The van der Waals surface area contributed by atoms with Crippen molar-refractivity contribution in [3.8, 4) is 6.07 Å². The summed E-state index contributed by atoms with van der Waals surface area (Å²) in [6.45, 7) is 0.838. The van der Waals surface area contributed by atoms with Crippen LogP contribution < -0.4 is 4.90 Å². The number of anilines is 1. The SMILES string of the molecule is N#CCC1(O)CN(c2ncc(Br)cn2)C1. The molecule has 0 amide bonds. The lowest BCUT2D eigenvalue weighted by atomic mass is 9.92. The van der Waals surface area contributed by atoms with E-state index >= 15 is 0 Å². The Labute approximate surface area is 95.5 Å². The number of β-amino-alcohol motifs (C(OH)–C–C–N with tert-alkyl or cyclic N) is 1. The summed E-state index contributed by atoms with van der Waals surface area (Å²) in [5, 5.41) is 18.3. The summed E-state index contributed by atoms with van der Waals surface area (Å²) in [6, 6.07) is 1.97. The highest BCUT2D eigenvalue weighted by Crippen LogP contribution is 2.27. The Balaban J connectivity index is 2.00. The Morgan fingerprint density at radius 3 is 2.67 bits per heavy atom. The summed E-state index contributed by atoms with van der Waals surface area (Å²) in [6.07, 6.45) is 3.47. The summed E-state index contributed by atoms with van der Waals surface area (Å²) in [5.74, 6) is 0.584. The second-order valence-electron chi connectivity index (χ2n) is 3.62. The van der Waals surface area contributed by atoms with Crippen LogP contribution in [0.25, 0.3) is 0 Å². The number of nitrogens with zero attached hydrogens (tertiary/aromatic N) is 4. The van der Waals surface area contributed by atoms with E-state index in [1.165, 1.54) is 0 Å². The summed E-state index contributed by atoms with van der Waals surface area (Å²) >= 11 is 3.25. The minimum Gasteiger partial charge on any atom is -0.385 e. The van der Waals surface area contributed by atoms with Crippen LogP contribution in [-0.4, -0.2) is 33.8 Å². The van der Waals surface area contributed by atoms with Crippen LogP contribution in [0.15, 0.2) is 16.9 Å². The third-order valence-electron chi connectivity index (χ3n) is 2.27. The molecule has 15 heavy (non-hydrogen) atoms. The smallest absolute Gasteiger partial charge is 0.225 e. The van der Waals surface area contributed by atoms with Gasteiger partial charge in [-0.25, -0.2) is 9.97 Å². The molecule has 78 valence electrons. The number of aromatic nitrogens is 2. The van der Waals surface area contributed by atoms with Gasteiger partial charge in [0, 0.05) is 12.4 Å². The van der Waals surface area contributed by atoms with Crippen LogP contribution in [0.3, 0.4) is 0 Å². The quantitative estimate of drug-likeness (QED) is 0.855. The molecule has 2 rings (SSSR count).